The van der Waals surface area contributed by atoms with Crippen LogP contribution in [0.15, 0.2) is 22.7 Å². The fraction of sp³-hybridized carbons (Fsp3) is 0.385. The van der Waals surface area contributed by atoms with E-state index >= 15 is 0 Å². The summed E-state index contributed by atoms with van der Waals surface area (Å²) in [5.41, 5.74) is 0.221. The molecule has 8 heteroatoms. The molecule has 21 heavy (non-hydrogen) atoms. The third kappa shape index (κ3) is 3.54. The maximum Gasteiger partial charge on any atom is 0.270 e. The summed E-state index contributed by atoms with van der Waals surface area (Å²) in [6.07, 6.45) is 0. The molecule has 8 nitrogen and oxygen atoms in total. The van der Waals surface area contributed by atoms with Gasteiger partial charge in [-0.3, -0.25) is 10.1 Å². The molecule has 0 aliphatic carbocycles. The first kappa shape index (κ1) is 14.9. The van der Waals surface area contributed by atoms with Crippen LogP contribution in [0.1, 0.15) is 37.0 Å². The van der Waals surface area contributed by atoms with Gasteiger partial charge in [-0.1, -0.05) is 19.0 Å². The van der Waals surface area contributed by atoms with Gasteiger partial charge < -0.3 is 14.4 Å². The molecule has 0 radical (unpaired) electrons. The van der Waals surface area contributed by atoms with E-state index < -0.39 is 4.92 Å². The van der Waals surface area contributed by atoms with Gasteiger partial charge in [0, 0.05) is 23.6 Å². The summed E-state index contributed by atoms with van der Waals surface area (Å²) in [6.45, 7) is 3.55. The third-order valence-corrected chi connectivity index (χ3v) is 2.78. The van der Waals surface area contributed by atoms with Crippen LogP contribution < -0.4 is 4.74 Å². The largest absolute Gasteiger partial charge is 0.483 e. The Kier molecular flexibility index (Phi) is 4.49. The van der Waals surface area contributed by atoms with E-state index in [1.54, 1.807) is 0 Å². The molecule has 1 aromatic carbocycles. The van der Waals surface area contributed by atoms with Gasteiger partial charge in [-0.15, -0.1) is 0 Å². The van der Waals surface area contributed by atoms with E-state index in [0.717, 1.165) is 0 Å². The molecule has 0 unspecified atom stereocenters. The monoisotopic (exact) mass is 293 g/mol. The maximum absolute atomic E-state index is 10.7. The molecule has 0 bridgehead atoms. The van der Waals surface area contributed by atoms with Crippen LogP contribution in [0.5, 0.6) is 5.75 Å². The summed E-state index contributed by atoms with van der Waals surface area (Å²) in [6, 6.07) is 4.01. The van der Waals surface area contributed by atoms with E-state index in [-0.39, 0.29) is 24.8 Å². The zero-order valence-corrected chi connectivity index (χ0v) is 11.6. The van der Waals surface area contributed by atoms with Gasteiger partial charge in [-0.05, 0) is 6.07 Å². The van der Waals surface area contributed by atoms with Gasteiger partial charge in [-0.2, -0.15) is 4.98 Å². The Balaban J connectivity index is 2.10. The van der Waals surface area contributed by atoms with E-state index in [2.05, 4.69) is 10.1 Å². The summed E-state index contributed by atoms with van der Waals surface area (Å²) in [4.78, 5) is 14.3. The zero-order chi connectivity index (χ0) is 15.4. The zero-order valence-electron chi connectivity index (χ0n) is 11.6. The molecule has 2 rings (SSSR count). The van der Waals surface area contributed by atoms with Crippen molar-refractivity contribution in [2.75, 3.05) is 0 Å². The van der Waals surface area contributed by atoms with Gasteiger partial charge in [0.2, 0.25) is 0 Å². The van der Waals surface area contributed by atoms with Crippen molar-refractivity contribution in [2.24, 2.45) is 0 Å². The van der Waals surface area contributed by atoms with Crippen molar-refractivity contribution < 1.29 is 19.3 Å². The Morgan fingerprint density at radius 2 is 2.24 bits per heavy atom. The number of nitrogens with zero attached hydrogens (tertiary/aromatic N) is 3. The lowest BCUT2D eigenvalue weighted by molar-refractivity contribution is -0.385. The van der Waals surface area contributed by atoms with E-state index in [0.29, 0.717) is 23.0 Å². The summed E-state index contributed by atoms with van der Waals surface area (Å²) in [5, 5.41) is 23.7. The van der Waals surface area contributed by atoms with Crippen molar-refractivity contribution >= 4 is 5.69 Å². The lowest BCUT2D eigenvalue weighted by atomic mass is 10.2. The van der Waals surface area contributed by atoms with Crippen molar-refractivity contribution in [3.05, 3.63) is 45.6 Å². The molecule has 0 spiro atoms. The Morgan fingerprint density at radius 3 is 2.81 bits per heavy atom. The van der Waals surface area contributed by atoms with Crippen LogP contribution in [-0.4, -0.2) is 20.2 Å². The molecular formula is C13H15N3O5. The Hall–Kier alpha value is -2.48. The number of nitro groups is 1. The van der Waals surface area contributed by atoms with Crippen LogP contribution in [0, 0.1) is 10.1 Å². The summed E-state index contributed by atoms with van der Waals surface area (Å²) >= 11 is 0. The number of nitro benzene ring substituents is 1. The minimum absolute atomic E-state index is 0.0323. The third-order valence-electron chi connectivity index (χ3n) is 2.78. The van der Waals surface area contributed by atoms with Crippen LogP contribution in [0.2, 0.25) is 0 Å². The van der Waals surface area contributed by atoms with Gasteiger partial charge >= 0.3 is 0 Å². The van der Waals surface area contributed by atoms with Gasteiger partial charge in [0.15, 0.2) is 12.4 Å². The number of rotatable bonds is 6. The molecule has 0 saturated heterocycles. The lowest BCUT2D eigenvalue weighted by Crippen LogP contribution is -2.00. The van der Waals surface area contributed by atoms with Crippen LogP contribution in [-0.2, 0) is 13.2 Å². The van der Waals surface area contributed by atoms with Gasteiger partial charge in [0.1, 0.15) is 5.75 Å². The maximum atomic E-state index is 10.7. The molecule has 0 aliphatic heterocycles. The molecular weight excluding hydrogens is 278 g/mol. The predicted molar refractivity (Wildman–Crippen MR) is 71.7 cm³/mol. The molecule has 0 aliphatic rings. The quantitative estimate of drug-likeness (QED) is 0.641. The highest BCUT2D eigenvalue weighted by Gasteiger charge is 2.14. The Labute approximate surface area is 120 Å². The number of aliphatic hydroxyl groups is 1. The SMILES string of the molecule is CC(C)c1noc(COc2ccc([N+](=O)[O-])cc2CO)n1. The normalized spacial score (nSPS) is 10.9. The highest BCUT2D eigenvalue weighted by atomic mass is 16.6. The van der Waals surface area contributed by atoms with E-state index in [4.69, 9.17) is 9.26 Å². The lowest BCUT2D eigenvalue weighted by Gasteiger charge is -2.07. The highest BCUT2D eigenvalue weighted by molar-refractivity contribution is 5.43. The van der Waals surface area contributed by atoms with Gasteiger partial charge in [-0.25, -0.2) is 0 Å². The Bertz CT molecular complexity index is 638. The van der Waals surface area contributed by atoms with Crippen LogP contribution >= 0.6 is 0 Å². The fourth-order valence-electron chi connectivity index (χ4n) is 1.64. The topological polar surface area (TPSA) is 112 Å². The number of hydrogen-bond acceptors (Lipinski definition) is 7. The molecule has 2 aromatic rings. The first-order chi connectivity index (χ1) is 10.0. The highest BCUT2D eigenvalue weighted by Crippen LogP contribution is 2.25. The van der Waals surface area contributed by atoms with E-state index in [1.165, 1.54) is 18.2 Å². The number of aromatic nitrogens is 2. The second-order valence-corrected chi connectivity index (χ2v) is 4.70. The van der Waals surface area contributed by atoms with E-state index in [9.17, 15) is 15.2 Å². The first-order valence-corrected chi connectivity index (χ1v) is 6.34. The molecule has 1 aromatic heterocycles. The van der Waals surface area contributed by atoms with Crippen LogP contribution in [0.3, 0.4) is 0 Å². The standard InChI is InChI=1S/C13H15N3O5/c1-8(2)13-14-12(21-15-13)7-20-11-4-3-10(16(18)19)5-9(11)6-17/h3-5,8,17H,6-7H2,1-2H3. The predicted octanol–water partition coefficient (Wildman–Crippen LogP) is 2.17. The van der Waals surface area contributed by atoms with Crippen molar-refractivity contribution in [3.63, 3.8) is 0 Å². The molecule has 1 N–H and O–H groups in total. The average Bonchev–Trinajstić information content (AvgIpc) is 2.93. The first-order valence-electron chi connectivity index (χ1n) is 6.34. The second-order valence-electron chi connectivity index (χ2n) is 4.70. The number of non-ortho nitro benzene ring substituents is 1. The second kappa shape index (κ2) is 6.31. The summed E-state index contributed by atoms with van der Waals surface area (Å²) < 4.78 is 10.5. The van der Waals surface area contributed by atoms with Crippen molar-refractivity contribution in [2.45, 2.75) is 33.0 Å². The number of ether oxygens (including phenoxy) is 1. The summed E-state index contributed by atoms with van der Waals surface area (Å²) in [7, 11) is 0. The van der Waals surface area contributed by atoms with Gasteiger partial charge in [0.05, 0.1) is 11.5 Å². The molecule has 0 atom stereocenters. The molecule has 0 amide bonds. The van der Waals surface area contributed by atoms with E-state index in [1.807, 2.05) is 13.8 Å². The number of aliphatic hydroxyl groups excluding tert-OH is 1. The van der Waals surface area contributed by atoms with Gasteiger partial charge in [0.25, 0.3) is 11.6 Å². The van der Waals surface area contributed by atoms with Crippen LogP contribution in [0.25, 0.3) is 0 Å². The average molecular weight is 293 g/mol. The van der Waals surface area contributed by atoms with Crippen molar-refractivity contribution in [1.82, 2.24) is 10.1 Å². The van der Waals surface area contributed by atoms with Crippen LogP contribution in [0.4, 0.5) is 5.69 Å². The molecule has 0 fully saturated rings. The molecule has 1 heterocycles. The van der Waals surface area contributed by atoms with Crippen molar-refractivity contribution in [1.29, 1.82) is 0 Å². The number of benzene rings is 1. The van der Waals surface area contributed by atoms with Crippen molar-refractivity contribution in [3.8, 4) is 5.75 Å². The fourth-order valence-corrected chi connectivity index (χ4v) is 1.64. The molecule has 112 valence electrons. The minimum atomic E-state index is -0.532. The smallest absolute Gasteiger partial charge is 0.270 e. The summed E-state index contributed by atoms with van der Waals surface area (Å²) in [5.74, 6) is 1.38. The Morgan fingerprint density at radius 1 is 1.48 bits per heavy atom. The minimum Gasteiger partial charge on any atom is -0.483 e. The molecule has 0 saturated carbocycles. The number of hydrogen-bond donors (Lipinski definition) is 1.